The van der Waals surface area contributed by atoms with Gasteiger partial charge in [0.1, 0.15) is 6.61 Å². The van der Waals surface area contributed by atoms with E-state index >= 15 is 0 Å². The minimum absolute atomic E-state index is 0.235. The van der Waals surface area contributed by atoms with Crippen molar-refractivity contribution in [1.82, 2.24) is 4.98 Å². The van der Waals surface area contributed by atoms with E-state index in [4.69, 9.17) is 10.5 Å². The van der Waals surface area contributed by atoms with E-state index in [1.165, 1.54) is 6.07 Å². The lowest BCUT2D eigenvalue weighted by atomic mass is 10.2. The largest absolute Gasteiger partial charge is 0.486 e. The number of para-hydroxylation sites is 1. The van der Waals surface area contributed by atoms with Crippen LogP contribution in [-0.2, 0) is 13.2 Å². The normalized spacial score (nSPS) is 10.2. The lowest BCUT2D eigenvalue weighted by Gasteiger charge is -2.09. The summed E-state index contributed by atoms with van der Waals surface area (Å²) in [6.45, 7) is 0.609. The van der Waals surface area contributed by atoms with Crippen molar-refractivity contribution in [3.63, 3.8) is 0 Å². The third kappa shape index (κ3) is 2.79. The van der Waals surface area contributed by atoms with Gasteiger partial charge in [-0.15, -0.1) is 0 Å². The molecule has 0 fully saturated rings. The third-order valence-electron chi connectivity index (χ3n) is 2.40. The van der Waals surface area contributed by atoms with Gasteiger partial charge in [0.25, 0.3) is 0 Å². The molecule has 0 saturated carbocycles. The first-order chi connectivity index (χ1) is 8.31. The Morgan fingerprint density at radius 3 is 2.76 bits per heavy atom. The number of halogens is 1. The maximum atomic E-state index is 13.3. The summed E-state index contributed by atoms with van der Waals surface area (Å²) in [5.41, 5.74) is 7.20. The molecule has 0 saturated heterocycles. The Balaban J connectivity index is 2.10. The molecule has 0 aliphatic heterocycles. The fraction of sp³-hybridized carbons (Fsp3) is 0.154. The van der Waals surface area contributed by atoms with Crippen molar-refractivity contribution in [2.24, 2.45) is 5.73 Å². The highest BCUT2D eigenvalue weighted by molar-refractivity contribution is 5.25. The van der Waals surface area contributed by atoms with Crippen molar-refractivity contribution in [2.45, 2.75) is 13.2 Å². The second kappa shape index (κ2) is 5.41. The number of nitrogens with two attached hydrogens (primary N) is 1. The summed E-state index contributed by atoms with van der Waals surface area (Å²) in [5, 5.41) is 0. The molecule has 17 heavy (non-hydrogen) atoms. The highest BCUT2D eigenvalue weighted by Gasteiger charge is 2.05. The lowest BCUT2D eigenvalue weighted by molar-refractivity contribution is 0.288. The van der Waals surface area contributed by atoms with Gasteiger partial charge in [0.2, 0.25) is 0 Å². The molecule has 1 aromatic heterocycles. The van der Waals surface area contributed by atoms with Gasteiger partial charge in [-0.05, 0) is 18.2 Å². The number of nitrogens with zero attached hydrogens (tertiary/aromatic N) is 1. The molecule has 2 N–H and O–H groups in total. The van der Waals surface area contributed by atoms with E-state index in [-0.39, 0.29) is 18.2 Å². The van der Waals surface area contributed by atoms with Crippen LogP contribution in [0.5, 0.6) is 5.75 Å². The van der Waals surface area contributed by atoms with Crippen molar-refractivity contribution >= 4 is 0 Å². The summed E-state index contributed by atoms with van der Waals surface area (Å²) in [7, 11) is 0. The molecule has 0 bridgehead atoms. The zero-order valence-corrected chi connectivity index (χ0v) is 9.27. The van der Waals surface area contributed by atoms with Gasteiger partial charge in [-0.1, -0.05) is 18.2 Å². The molecular weight excluding hydrogens is 219 g/mol. The van der Waals surface area contributed by atoms with E-state index in [1.807, 2.05) is 6.07 Å². The maximum absolute atomic E-state index is 13.3. The van der Waals surface area contributed by atoms with Crippen LogP contribution in [0.15, 0.2) is 42.6 Å². The molecule has 0 aliphatic rings. The number of pyridine rings is 1. The highest BCUT2D eigenvalue weighted by Crippen LogP contribution is 2.17. The molecule has 2 aromatic rings. The van der Waals surface area contributed by atoms with Gasteiger partial charge in [-0.2, -0.15) is 0 Å². The Morgan fingerprint density at radius 2 is 2.00 bits per heavy atom. The lowest BCUT2D eigenvalue weighted by Crippen LogP contribution is -2.07. The molecular formula is C13H13FN2O. The SMILES string of the molecule is NCc1ncccc1COc1ccccc1F. The number of aromatic nitrogens is 1. The minimum Gasteiger partial charge on any atom is -0.486 e. The van der Waals surface area contributed by atoms with Crippen LogP contribution in [0.1, 0.15) is 11.3 Å². The van der Waals surface area contributed by atoms with Crippen LogP contribution >= 0.6 is 0 Å². The first kappa shape index (κ1) is 11.5. The predicted octanol–water partition coefficient (Wildman–Crippen LogP) is 2.26. The van der Waals surface area contributed by atoms with Gasteiger partial charge in [0, 0.05) is 18.3 Å². The third-order valence-corrected chi connectivity index (χ3v) is 2.40. The molecule has 1 heterocycles. The molecule has 0 amide bonds. The van der Waals surface area contributed by atoms with Crippen molar-refractivity contribution in [2.75, 3.05) is 0 Å². The van der Waals surface area contributed by atoms with Crippen molar-refractivity contribution in [3.8, 4) is 5.75 Å². The molecule has 2 rings (SSSR count). The van der Waals surface area contributed by atoms with Crippen molar-refractivity contribution < 1.29 is 9.13 Å². The molecule has 3 nitrogen and oxygen atoms in total. The Morgan fingerprint density at radius 1 is 1.18 bits per heavy atom. The summed E-state index contributed by atoms with van der Waals surface area (Å²) in [4.78, 5) is 4.13. The summed E-state index contributed by atoms with van der Waals surface area (Å²) < 4.78 is 18.7. The van der Waals surface area contributed by atoms with Crippen LogP contribution in [0.4, 0.5) is 4.39 Å². The molecule has 0 aliphatic carbocycles. The Bertz CT molecular complexity index is 502. The predicted molar refractivity (Wildman–Crippen MR) is 62.9 cm³/mol. The van der Waals surface area contributed by atoms with Crippen molar-refractivity contribution in [3.05, 3.63) is 59.7 Å². The number of ether oxygens (including phenoxy) is 1. The Kier molecular flexibility index (Phi) is 3.67. The Labute approximate surface area is 99.1 Å². The van der Waals surface area contributed by atoms with Crippen molar-refractivity contribution in [1.29, 1.82) is 0 Å². The van der Waals surface area contributed by atoms with Gasteiger partial charge < -0.3 is 10.5 Å². The zero-order chi connectivity index (χ0) is 12.1. The van der Waals surface area contributed by atoms with Crippen LogP contribution in [-0.4, -0.2) is 4.98 Å². The molecule has 0 atom stereocenters. The van der Waals surface area contributed by atoms with Crippen LogP contribution < -0.4 is 10.5 Å². The summed E-state index contributed by atoms with van der Waals surface area (Å²) in [5.74, 6) is -0.134. The van der Waals surface area contributed by atoms with E-state index < -0.39 is 0 Å². The average Bonchev–Trinajstić information content (AvgIpc) is 2.38. The molecule has 1 aromatic carbocycles. The molecule has 0 radical (unpaired) electrons. The maximum Gasteiger partial charge on any atom is 0.165 e. The smallest absolute Gasteiger partial charge is 0.165 e. The first-order valence-electron chi connectivity index (χ1n) is 5.31. The second-order valence-electron chi connectivity index (χ2n) is 3.53. The monoisotopic (exact) mass is 232 g/mol. The number of benzene rings is 1. The zero-order valence-electron chi connectivity index (χ0n) is 9.27. The first-order valence-corrected chi connectivity index (χ1v) is 5.31. The van der Waals surface area contributed by atoms with Crippen LogP contribution in [0.3, 0.4) is 0 Å². The van der Waals surface area contributed by atoms with E-state index in [9.17, 15) is 4.39 Å². The summed E-state index contributed by atoms with van der Waals surface area (Å²) in [6, 6.07) is 9.98. The number of hydrogen-bond acceptors (Lipinski definition) is 3. The summed E-state index contributed by atoms with van der Waals surface area (Å²) in [6.07, 6.45) is 1.68. The van der Waals surface area contributed by atoms with Gasteiger partial charge in [0.15, 0.2) is 11.6 Å². The average molecular weight is 232 g/mol. The van der Waals surface area contributed by atoms with Crippen LogP contribution in [0.25, 0.3) is 0 Å². The van der Waals surface area contributed by atoms with Crippen LogP contribution in [0, 0.1) is 5.82 Å². The van der Waals surface area contributed by atoms with Gasteiger partial charge in [-0.3, -0.25) is 4.98 Å². The second-order valence-corrected chi connectivity index (χ2v) is 3.53. The van der Waals surface area contributed by atoms with Gasteiger partial charge in [0.05, 0.1) is 5.69 Å². The minimum atomic E-state index is -0.370. The quantitative estimate of drug-likeness (QED) is 0.879. The fourth-order valence-electron chi connectivity index (χ4n) is 1.50. The van der Waals surface area contributed by atoms with Gasteiger partial charge >= 0.3 is 0 Å². The summed E-state index contributed by atoms with van der Waals surface area (Å²) >= 11 is 0. The van der Waals surface area contributed by atoms with E-state index in [2.05, 4.69) is 4.98 Å². The number of hydrogen-bond donors (Lipinski definition) is 1. The van der Waals surface area contributed by atoms with E-state index in [1.54, 1.807) is 30.5 Å². The topological polar surface area (TPSA) is 48.1 Å². The van der Waals surface area contributed by atoms with E-state index in [0.717, 1.165) is 11.3 Å². The van der Waals surface area contributed by atoms with Gasteiger partial charge in [-0.25, -0.2) is 4.39 Å². The fourth-order valence-corrected chi connectivity index (χ4v) is 1.50. The van der Waals surface area contributed by atoms with Crippen LogP contribution in [0.2, 0.25) is 0 Å². The molecule has 88 valence electrons. The highest BCUT2D eigenvalue weighted by atomic mass is 19.1. The van der Waals surface area contributed by atoms with E-state index in [0.29, 0.717) is 6.54 Å². The number of rotatable bonds is 4. The molecule has 4 heteroatoms. The Hall–Kier alpha value is -1.94. The molecule has 0 unspecified atom stereocenters. The molecule has 0 spiro atoms. The standard InChI is InChI=1S/C13H13FN2O/c14-11-5-1-2-6-13(11)17-9-10-4-3-7-16-12(10)8-15/h1-7H,8-9,15H2.